The first-order valence-corrected chi connectivity index (χ1v) is 0. The van der Waals surface area contributed by atoms with Crippen molar-refractivity contribution >= 4 is 0 Å². The summed E-state index contributed by atoms with van der Waals surface area (Å²) >= 11 is 0. The van der Waals surface area contributed by atoms with E-state index < -0.39 is 0 Å². The fourth-order valence-corrected chi connectivity index (χ4v) is 0. The maximum atomic E-state index is 0. The fourth-order valence-electron chi connectivity index (χ4n) is 0. The van der Waals surface area contributed by atoms with E-state index in [4.69, 9.17) is 0 Å². The molecule has 0 aromatic heterocycles. The largest absolute Gasteiger partial charge is 6.00 e. The van der Waals surface area contributed by atoms with Gasteiger partial charge in [-0.05, 0) is 0 Å². The summed E-state index contributed by atoms with van der Waals surface area (Å²) in [5, 5.41) is 0. The quantitative estimate of drug-likeness (QED) is 0.533. The molecule has 0 saturated carbocycles. The number of hydrogen-bond donors (Lipinski definition) is 0. The minimum Gasteiger partial charge on any atom is -2.00 e. The van der Waals surface area contributed by atoms with Crippen LogP contribution >= 0.6 is 0 Å². The zero-order valence-electron chi connectivity index (χ0n) is 2.28. The standard InChI is InChI=1S/Co.Mo.Ni.3O/q;+6;;3*-2. The van der Waals surface area contributed by atoms with E-state index in [2.05, 4.69) is 0 Å². The molecule has 0 atom stereocenters. The molecule has 0 bridgehead atoms. The molecule has 0 aromatic rings. The van der Waals surface area contributed by atoms with Gasteiger partial charge in [0.2, 0.25) is 0 Å². The van der Waals surface area contributed by atoms with Crippen molar-refractivity contribution in [3.8, 4) is 0 Å². The van der Waals surface area contributed by atoms with Crippen LogP contribution < -0.4 is 0 Å². The first-order chi connectivity index (χ1) is 0. The van der Waals surface area contributed by atoms with Crippen LogP contribution in [0.15, 0.2) is 0 Å². The molecule has 0 spiro atoms. The summed E-state index contributed by atoms with van der Waals surface area (Å²) in [6.45, 7) is 0. The van der Waals surface area contributed by atoms with E-state index in [1.165, 1.54) is 0 Å². The first-order valence-electron chi connectivity index (χ1n) is 0. The molecule has 6 heavy (non-hydrogen) atoms. The Morgan fingerprint density at radius 1 is 0.667 bits per heavy atom. The van der Waals surface area contributed by atoms with Gasteiger partial charge in [0, 0.05) is 33.3 Å². The van der Waals surface area contributed by atoms with Crippen molar-refractivity contribution in [3.05, 3.63) is 0 Å². The van der Waals surface area contributed by atoms with Crippen LogP contribution in [-0.2, 0) is 70.8 Å². The molecule has 0 aliphatic rings. The van der Waals surface area contributed by atoms with Gasteiger partial charge >= 0.3 is 21.1 Å². The predicted molar refractivity (Wildman–Crippen MR) is 2.06 cm³/mol. The van der Waals surface area contributed by atoms with E-state index in [0.717, 1.165) is 0 Å². The van der Waals surface area contributed by atoms with Gasteiger partial charge in [-0.1, -0.05) is 0 Å². The molecule has 0 heterocycles. The SMILES string of the molecule is [Co].[Mo+6].[Ni].[O-2].[O-2].[O-2]. The van der Waals surface area contributed by atoms with E-state index in [-0.39, 0.29) is 70.8 Å². The van der Waals surface area contributed by atoms with Crippen molar-refractivity contribution in [1.82, 2.24) is 0 Å². The zero-order valence-corrected chi connectivity index (χ0v) is 6.32. The van der Waals surface area contributed by atoms with Gasteiger partial charge in [-0.2, -0.15) is 0 Å². The van der Waals surface area contributed by atoms with Crippen LogP contribution in [0, 0.1) is 0 Å². The summed E-state index contributed by atoms with van der Waals surface area (Å²) in [4.78, 5) is 0. The Kier molecular flexibility index (Phi) is 1830. The molecule has 3 nitrogen and oxygen atoms in total. The van der Waals surface area contributed by atoms with Crippen molar-refractivity contribution in [2.75, 3.05) is 0 Å². The Balaban J connectivity index is 0. The summed E-state index contributed by atoms with van der Waals surface area (Å²) in [5.41, 5.74) is 0. The number of rotatable bonds is 0. The third-order valence-corrected chi connectivity index (χ3v) is 0. The van der Waals surface area contributed by atoms with Crippen LogP contribution in [0.1, 0.15) is 0 Å². The van der Waals surface area contributed by atoms with Gasteiger partial charge in [-0.25, -0.2) is 0 Å². The van der Waals surface area contributed by atoms with Gasteiger partial charge in [0.25, 0.3) is 0 Å². The second-order valence-corrected chi connectivity index (χ2v) is 0. The van der Waals surface area contributed by atoms with E-state index >= 15 is 0 Å². The molecule has 1 radical (unpaired) electrons. The maximum absolute atomic E-state index is 0. The van der Waals surface area contributed by atoms with Gasteiger partial charge in [-0.15, -0.1) is 0 Å². The average molecular weight is 262 g/mol. The van der Waals surface area contributed by atoms with Crippen LogP contribution in [0.25, 0.3) is 0 Å². The molecule has 0 aliphatic carbocycles. The molecule has 0 unspecified atom stereocenters. The summed E-state index contributed by atoms with van der Waals surface area (Å²) in [6, 6.07) is 0. The van der Waals surface area contributed by atoms with Crippen molar-refractivity contribution in [1.29, 1.82) is 0 Å². The van der Waals surface area contributed by atoms with Crippen LogP contribution in [0.2, 0.25) is 0 Å². The molecule has 43 valence electrons. The second kappa shape index (κ2) is 82.8. The topological polar surface area (TPSA) is 85.5 Å². The Hall–Kier alpha value is 1.57. The van der Waals surface area contributed by atoms with Gasteiger partial charge in [0.15, 0.2) is 0 Å². The van der Waals surface area contributed by atoms with E-state index in [0.29, 0.717) is 0 Å². The van der Waals surface area contributed by atoms with E-state index in [9.17, 15) is 0 Å². The minimum atomic E-state index is 0. The second-order valence-electron chi connectivity index (χ2n) is 0. The smallest absolute Gasteiger partial charge is 2.00 e. The van der Waals surface area contributed by atoms with Crippen LogP contribution in [0.4, 0.5) is 0 Å². The normalized spacial score (nSPS) is 0. The Morgan fingerprint density at radius 2 is 0.667 bits per heavy atom. The summed E-state index contributed by atoms with van der Waals surface area (Å²) < 4.78 is 0. The fraction of sp³-hybridized carbons (Fsp3) is 0. The van der Waals surface area contributed by atoms with Gasteiger partial charge < -0.3 is 16.4 Å². The molecular formula is CoMoNiO3. The first kappa shape index (κ1) is 133. The predicted octanol–water partition coefficient (Wildman–Crippen LogP) is -0.364. The van der Waals surface area contributed by atoms with Gasteiger partial charge in [0.1, 0.15) is 0 Å². The molecule has 0 saturated heterocycles. The molecule has 6 heteroatoms. The van der Waals surface area contributed by atoms with Crippen LogP contribution in [0.5, 0.6) is 0 Å². The van der Waals surface area contributed by atoms with E-state index in [1.54, 1.807) is 0 Å². The molecule has 0 aromatic carbocycles. The van der Waals surface area contributed by atoms with Crippen molar-refractivity contribution < 1.29 is 70.8 Å². The van der Waals surface area contributed by atoms with Crippen LogP contribution in [-0.4, -0.2) is 0 Å². The Morgan fingerprint density at radius 3 is 0.667 bits per heavy atom. The third kappa shape index (κ3) is 47.2. The molecule has 0 aliphatic heterocycles. The maximum Gasteiger partial charge on any atom is 6.00 e. The molecule has 0 amide bonds. The third-order valence-electron chi connectivity index (χ3n) is 0. The minimum absolute atomic E-state index is 0. The monoisotopic (exact) mass is 263 g/mol. The van der Waals surface area contributed by atoms with Crippen LogP contribution in [0.3, 0.4) is 0 Å². The summed E-state index contributed by atoms with van der Waals surface area (Å²) in [6.07, 6.45) is 0. The number of hydrogen-bond acceptors (Lipinski definition) is 0. The molecule has 0 rings (SSSR count). The molecule has 0 fully saturated rings. The Bertz CT molecular complexity index is 10.8. The molecular weight excluding hydrogens is 262 g/mol. The van der Waals surface area contributed by atoms with Crippen molar-refractivity contribution in [3.63, 3.8) is 0 Å². The zero-order chi connectivity index (χ0) is 0. The van der Waals surface area contributed by atoms with Crippen molar-refractivity contribution in [2.24, 2.45) is 0 Å². The summed E-state index contributed by atoms with van der Waals surface area (Å²) in [7, 11) is 0. The molecule has 0 N–H and O–H groups in total. The van der Waals surface area contributed by atoms with Gasteiger partial charge in [-0.3, -0.25) is 0 Å². The summed E-state index contributed by atoms with van der Waals surface area (Å²) in [5.74, 6) is 0. The Labute approximate surface area is 70.6 Å². The van der Waals surface area contributed by atoms with Gasteiger partial charge in [0.05, 0.1) is 0 Å². The average Bonchev–Trinajstić information content (AvgIpc) is 0. The van der Waals surface area contributed by atoms with Crippen molar-refractivity contribution in [2.45, 2.75) is 0 Å². The van der Waals surface area contributed by atoms with E-state index in [1.807, 2.05) is 0 Å².